The topological polar surface area (TPSA) is 24.9 Å². The fourth-order valence-corrected chi connectivity index (χ4v) is 1.98. The van der Waals surface area contributed by atoms with Gasteiger partial charge in [0.25, 0.3) is 0 Å². The van der Waals surface area contributed by atoms with E-state index in [-0.39, 0.29) is 0 Å². The van der Waals surface area contributed by atoms with Gasteiger partial charge in [0.05, 0.1) is 5.69 Å². The average molecular weight is 271 g/mol. The molecule has 84 valence electrons. The first-order chi connectivity index (χ1) is 7.26. The van der Waals surface area contributed by atoms with Crippen molar-refractivity contribution >= 4 is 15.9 Å². The lowest BCUT2D eigenvalue weighted by atomic mass is 10.1. The Bertz CT molecular complexity index is 289. The van der Waals surface area contributed by atoms with Crippen LogP contribution < -0.4 is 5.32 Å². The van der Waals surface area contributed by atoms with Crippen molar-refractivity contribution in [3.63, 3.8) is 0 Å². The molecule has 0 spiro atoms. The molecule has 0 aliphatic heterocycles. The Labute approximate surface area is 101 Å². The molecule has 0 aliphatic rings. The van der Waals surface area contributed by atoms with E-state index in [9.17, 15) is 0 Å². The number of pyridine rings is 1. The Morgan fingerprint density at radius 1 is 1.40 bits per heavy atom. The summed E-state index contributed by atoms with van der Waals surface area (Å²) in [4.78, 5) is 4.39. The molecule has 0 fully saturated rings. The molecule has 15 heavy (non-hydrogen) atoms. The second-order valence-corrected chi connectivity index (χ2v) is 4.54. The Morgan fingerprint density at radius 3 is 2.80 bits per heavy atom. The normalized spacial score (nSPS) is 12.7. The molecule has 0 aromatic carbocycles. The number of halogens is 1. The van der Waals surface area contributed by atoms with Crippen LogP contribution in [0.15, 0.2) is 22.8 Å². The maximum atomic E-state index is 4.39. The molecule has 1 heterocycles. The number of nitrogens with zero attached hydrogens (tertiary/aromatic N) is 1. The molecule has 1 aromatic rings. The number of hydrogen-bond acceptors (Lipinski definition) is 2. The molecule has 3 heteroatoms. The number of aromatic nitrogens is 1. The van der Waals surface area contributed by atoms with Crippen LogP contribution in [-0.4, -0.2) is 11.0 Å². The SMILES string of the molecule is CCCC(CC)NCc1cccc(Br)n1. The van der Waals surface area contributed by atoms with Gasteiger partial charge in [-0.2, -0.15) is 0 Å². The Kier molecular flexibility index (Phi) is 5.88. The van der Waals surface area contributed by atoms with Crippen LogP contribution in [0, 0.1) is 0 Å². The van der Waals surface area contributed by atoms with Crippen LogP contribution in [0.3, 0.4) is 0 Å². The Morgan fingerprint density at radius 2 is 2.20 bits per heavy atom. The number of hydrogen-bond donors (Lipinski definition) is 1. The lowest BCUT2D eigenvalue weighted by molar-refractivity contribution is 0.459. The molecular weight excluding hydrogens is 252 g/mol. The van der Waals surface area contributed by atoms with Gasteiger partial charge in [-0.1, -0.05) is 26.3 Å². The van der Waals surface area contributed by atoms with Crippen molar-refractivity contribution < 1.29 is 0 Å². The molecule has 1 unspecified atom stereocenters. The second-order valence-electron chi connectivity index (χ2n) is 3.73. The van der Waals surface area contributed by atoms with Crippen molar-refractivity contribution in [3.05, 3.63) is 28.5 Å². The van der Waals surface area contributed by atoms with Crippen LogP contribution in [0.4, 0.5) is 0 Å². The van der Waals surface area contributed by atoms with Crippen molar-refractivity contribution in [1.29, 1.82) is 0 Å². The second kappa shape index (κ2) is 6.96. The Hall–Kier alpha value is -0.410. The summed E-state index contributed by atoms with van der Waals surface area (Å²) in [5.74, 6) is 0. The lowest BCUT2D eigenvalue weighted by Gasteiger charge is -2.15. The highest BCUT2D eigenvalue weighted by molar-refractivity contribution is 9.10. The molecule has 1 N–H and O–H groups in total. The Balaban J connectivity index is 2.41. The van der Waals surface area contributed by atoms with Crippen molar-refractivity contribution in [1.82, 2.24) is 10.3 Å². The van der Waals surface area contributed by atoms with Gasteiger partial charge in [0.15, 0.2) is 0 Å². The van der Waals surface area contributed by atoms with E-state index in [4.69, 9.17) is 0 Å². The van der Waals surface area contributed by atoms with E-state index in [1.165, 1.54) is 19.3 Å². The monoisotopic (exact) mass is 270 g/mol. The van der Waals surface area contributed by atoms with Gasteiger partial charge in [-0.15, -0.1) is 0 Å². The van der Waals surface area contributed by atoms with Crippen LogP contribution >= 0.6 is 15.9 Å². The summed E-state index contributed by atoms with van der Waals surface area (Å²) < 4.78 is 0.908. The first kappa shape index (κ1) is 12.7. The first-order valence-corrected chi connectivity index (χ1v) is 6.40. The minimum atomic E-state index is 0.621. The zero-order chi connectivity index (χ0) is 11.1. The molecule has 0 bridgehead atoms. The molecule has 1 aromatic heterocycles. The van der Waals surface area contributed by atoms with Crippen molar-refractivity contribution in [3.8, 4) is 0 Å². The third kappa shape index (κ3) is 4.76. The zero-order valence-electron chi connectivity index (χ0n) is 9.46. The van der Waals surface area contributed by atoms with Gasteiger partial charge >= 0.3 is 0 Å². The summed E-state index contributed by atoms with van der Waals surface area (Å²) in [6, 6.07) is 6.65. The third-order valence-corrected chi connectivity index (χ3v) is 2.92. The maximum absolute atomic E-state index is 4.39. The van der Waals surface area contributed by atoms with E-state index < -0.39 is 0 Å². The van der Waals surface area contributed by atoms with Gasteiger partial charge in [0, 0.05) is 12.6 Å². The van der Waals surface area contributed by atoms with Gasteiger partial charge in [0.1, 0.15) is 4.60 Å². The molecule has 0 saturated heterocycles. The quantitative estimate of drug-likeness (QED) is 0.801. The van der Waals surface area contributed by atoms with Crippen LogP contribution in [0.5, 0.6) is 0 Å². The van der Waals surface area contributed by atoms with Crippen LogP contribution in [0.25, 0.3) is 0 Å². The van der Waals surface area contributed by atoms with Crippen LogP contribution in [-0.2, 0) is 6.54 Å². The summed E-state index contributed by atoms with van der Waals surface area (Å²) in [5.41, 5.74) is 1.10. The summed E-state index contributed by atoms with van der Waals surface area (Å²) in [6.07, 6.45) is 3.66. The first-order valence-electron chi connectivity index (χ1n) is 5.61. The van der Waals surface area contributed by atoms with Crippen LogP contribution in [0.1, 0.15) is 38.8 Å². The van der Waals surface area contributed by atoms with E-state index in [2.05, 4.69) is 46.1 Å². The molecule has 0 amide bonds. The molecule has 1 atom stereocenters. The fraction of sp³-hybridized carbons (Fsp3) is 0.583. The van der Waals surface area contributed by atoms with E-state index in [1.54, 1.807) is 0 Å². The molecule has 1 rings (SSSR count). The van der Waals surface area contributed by atoms with Gasteiger partial charge in [-0.05, 0) is 40.9 Å². The van der Waals surface area contributed by atoms with Gasteiger partial charge in [-0.25, -0.2) is 4.98 Å². The molecule has 2 nitrogen and oxygen atoms in total. The predicted octanol–water partition coefficient (Wildman–Crippen LogP) is 3.51. The van der Waals surface area contributed by atoms with Crippen LogP contribution in [0.2, 0.25) is 0 Å². The van der Waals surface area contributed by atoms with Gasteiger partial charge < -0.3 is 5.32 Å². The maximum Gasteiger partial charge on any atom is 0.106 e. The largest absolute Gasteiger partial charge is 0.308 e. The predicted molar refractivity (Wildman–Crippen MR) is 67.8 cm³/mol. The molecule has 0 radical (unpaired) electrons. The zero-order valence-corrected chi connectivity index (χ0v) is 11.0. The fourth-order valence-electron chi connectivity index (χ4n) is 1.60. The highest BCUT2D eigenvalue weighted by Crippen LogP contribution is 2.07. The smallest absolute Gasteiger partial charge is 0.106 e. The standard InChI is InChI=1S/C12H19BrN2/c1-3-6-10(4-2)14-9-11-7-5-8-12(13)15-11/h5,7-8,10,14H,3-4,6,9H2,1-2H3. The van der Waals surface area contributed by atoms with E-state index in [0.717, 1.165) is 16.8 Å². The summed E-state index contributed by atoms with van der Waals surface area (Å²) >= 11 is 3.38. The lowest BCUT2D eigenvalue weighted by Crippen LogP contribution is -2.28. The molecule has 0 saturated carbocycles. The minimum absolute atomic E-state index is 0.621. The minimum Gasteiger partial charge on any atom is -0.308 e. The van der Waals surface area contributed by atoms with Gasteiger partial charge in [0.2, 0.25) is 0 Å². The summed E-state index contributed by atoms with van der Waals surface area (Å²) in [7, 11) is 0. The van der Waals surface area contributed by atoms with Gasteiger partial charge in [-0.3, -0.25) is 0 Å². The summed E-state index contributed by atoms with van der Waals surface area (Å²) in [6.45, 7) is 5.31. The number of nitrogens with one attached hydrogen (secondary N) is 1. The highest BCUT2D eigenvalue weighted by atomic mass is 79.9. The van der Waals surface area contributed by atoms with Crippen molar-refractivity contribution in [2.75, 3.05) is 0 Å². The molecular formula is C12H19BrN2. The highest BCUT2D eigenvalue weighted by Gasteiger charge is 2.04. The van der Waals surface area contributed by atoms with E-state index in [0.29, 0.717) is 6.04 Å². The average Bonchev–Trinajstić information content (AvgIpc) is 2.24. The van der Waals surface area contributed by atoms with E-state index >= 15 is 0 Å². The molecule has 0 aliphatic carbocycles. The summed E-state index contributed by atoms with van der Waals surface area (Å²) in [5, 5.41) is 3.53. The van der Waals surface area contributed by atoms with E-state index in [1.807, 2.05) is 12.1 Å². The number of rotatable bonds is 6. The third-order valence-electron chi connectivity index (χ3n) is 2.47. The van der Waals surface area contributed by atoms with Crippen molar-refractivity contribution in [2.45, 2.75) is 45.7 Å². The van der Waals surface area contributed by atoms with Crippen molar-refractivity contribution in [2.24, 2.45) is 0 Å².